The molecule has 0 bridgehead atoms. The molecule has 5 rings (SSSR count). The second-order valence-corrected chi connectivity index (χ2v) is 8.29. The van der Waals surface area contributed by atoms with Crippen LogP contribution in [0.25, 0.3) is 22.3 Å². The molecular formula is C27H22FN5O4. The summed E-state index contributed by atoms with van der Waals surface area (Å²) in [5.41, 5.74) is 2.27. The van der Waals surface area contributed by atoms with E-state index in [1.54, 1.807) is 48.7 Å². The van der Waals surface area contributed by atoms with Crippen molar-refractivity contribution in [2.45, 2.75) is 6.54 Å². The summed E-state index contributed by atoms with van der Waals surface area (Å²) >= 11 is 0. The third-order valence-corrected chi connectivity index (χ3v) is 5.78. The molecule has 1 amide bonds. The molecule has 0 unspecified atom stereocenters. The Balaban J connectivity index is 1.28. The van der Waals surface area contributed by atoms with Gasteiger partial charge in [-0.2, -0.15) is 0 Å². The maximum Gasteiger partial charge on any atom is 0.329 e. The quantitative estimate of drug-likeness (QED) is 0.283. The molecule has 0 saturated carbocycles. The number of H-pyrrole nitrogens is 2. The van der Waals surface area contributed by atoms with Crippen molar-refractivity contribution in [1.29, 1.82) is 0 Å². The fraction of sp³-hybridized carbons (Fsp3) is 0.111. The number of aromatic nitrogens is 4. The van der Waals surface area contributed by atoms with Crippen LogP contribution >= 0.6 is 0 Å². The molecule has 0 spiro atoms. The topological polar surface area (TPSA) is 122 Å². The number of rotatable bonds is 8. The number of benzene rings is 2. The van der Waals surface area contributed by atoms with E-state index in [1.165, 1.54) is 22.9 Å². The highest BCUT2D eigenvalue weighted by atomic mass is 19.1. The Morgan fingerprint density at radius 1 is 1.03 bits per heavy atom. The molecule has 3 N–H and O–H groups in total. The standard InChI is InChI=1S/C27H22FN5O4/c28-20-7-3-17(4-8-20)16-33-23-14-22(31-24(23)26(35)32-27(33)36)18-5-9-21(10-6-18)37-13-12-30-25(34)19-2-1-11-29-15-19/h1-11,14-15,31H,12-13,16H2,(H,30,34)(H,32,35,36). The molecule has 10 heteroatoms. The largest absolute Gasteiger partial charge is 0.492 e. The monoisotopic (exact) mass is 499 g/mol. The van der Waals surface area contributed by atoms with Gasteiger partial charge >= 0.3 is 5.69 Å². The van der Waals surface area contributed by atoms with E-state index in [-0.39, 0.29) is 30.4 Å². The predicted molar refractivity (Wildman–Crippen MR) is 136 cm³/mol. The highest BCUT2D eigenvalue weighted by Gasteiger charge is 2.13. The van der Waals surface area contributed by atoms with E-state index in [0.717, 1.165) is 11.1 Å². The van der Waals surface area contributed by atoms with Crippen molar-refractivity contribution < 1.29 is 13.9 Å². The Bertz CT molecular complexity index is 1660. The molecule has 2 aromatic carbocycles. The van der Waals surface area contributed by atoms with Gasteiger partial charge < -0.3 is 15.0 Å². The first kappa shape index (κ1) is 23.7. The molecule has 0 fully saturated rings. The van der Waals surface area contributed by atoms with Gasteiger partial charge in [-0.1, -0.05) is 12.1 Å². The Labute approximate surface area is 209 Å². The van der Waals surface area contributed by atoms with Crippen molar-refractivity contribution in [3.05, 3.63) is 117 Å². The van der Waals surface area contributed by atoms with Gasteiger partial charge in [0.1, 0.15) is 23.7 Å². The van der Waals surface area contributed by atoms with Gasteiger partial charge in [-0.05, 0) is 65.7 Å². The average molecular weight is 500 g/mol. The summed E-state index contributed by atoms with van der Waals surface area (Å²) in [5.74, 6) is 0.0221. The minimum atomic E-state index is -0.549. The van der Waals surface area contributed by atoms with Crippen LogP contribution in [-0.4, -0.2) is 38.6 Å². The van der Waals surface area contributed by atoms with E-state index in [2.05, 4.69) is 20.3 Å². The van der Waals surface area contributed by atoms with Gasteiger partial charge in [-0.3, -0.25) is 24.1 Å². The van der Waals surface area contributed by atoms with Crippen LogP contribution in [0.15, 0.2) is 88.7 Å². The van der Waals surface area contributed by atoms with Crippen LogP contribution in [0.4, 0.5) is 4.39 Å². The highest BCUT2D eigenvalue weighted by Crippen LogP contribution is 2.24. The number of hydrogen-bond acceptors (Lipinski definition) is 5. The minimum absolute atomic E-state index is 0.174. The number of halogens is 1. The maximum atomic E-state index is 13.3. The van der Waals surface area contributed by atoms with Gasteiger partial charge in [0.2, 0.25) is 0 Å². The summed E-state index contributed by atoms with van der Waals surface area (Å²) in [6, 6.07) is 18.1. The lowest BCUT2D eigenvalue weighted by molar-refractivity contribution is 0.0946. The van der Waals surface area contributed by atoms with Crippen molar-refractivity contribution in [3.63, 3.8) is 0 Å². The lowest BCUT2D eigenvalue weighted by atomic mass is 10.1. The van der Waals surface area contributed by atoms with E-state index in [4.69, 9.17) is 4.74 Å². The van der Waals surface area contributed by atoms with Gasteiger partial charge in [0.05, 0.1) is 24.2 Å². The fourth-order valence-electron chi connectivity index (χ4n) is 3.91. The zero-order valence-electron chi connectivity index (χ0n) is 19.5. The SMILES string of the molecule is O=C(NCCOc1ccc(-c2cc3c([nH]2)c(=O)[nH]c(=O)n3Cc2ccc(F)cc2)cc1)c1cccnc1. The third-order valence-electron chi connectivity index (χ3n) is 5.78. The van der Waals surface area contributed by atoms with Gasteiger partial charge in [-0.25, -0.2) is 9.18 Å². The minimum Gasteiger partial charge on any atom is -0.492 e. The zero-order chi connectivity index (χ0) is 25.8. The molecule has 0 atom stereocenters. The van der Waals surface area contributed by atoms with E-state index in [1.807, 2.05) is 12.1 Å². The maximum absolute atomic E-state index is 13.3. The molecule has 0 radical (unpaired) electrons. The van der Waals surface area contributed by atoms with Crippen molar-refractivity contribution in [2.75, 3.05) is 13.2 Å². The molecule has 3 heterocycles. The van der Waals surface area contributed by atoms with Gasteiger partial charge in [-0.15, -0.1) is 0 Å². The number of ether oxygens (including phenoxy) is 1. The van der Waals surface area contributed by atoms with Crippen molar-refractivity contribution >= 4 is 16.9 Å². The summed E-state index contributed by atoms with van der Waals surface area (Å²) in [7, 11) is 0. The van der Waals surface area contributed by atoms with Crippen LogP contribution in [0.3, 0.4) is 0 Å². The van der Waals surface area contributed by atoms with Crippen LogP contribution in [0.1, 0.15) is 15.9 Å². The third kappa shape index (κ3) is 5.32. The highest BCUT2D eigenvalue weighted by molar-refractivity contribution is 5.93. The Hall–Kier alpha value is -4.99. The first-order valence-electron chi connectivity index (χ1n) is 11.5. The Morgan fingerprint density at radius 2 is 1.81 bits per heavy atom. The Morgan fingerprint density at radius 3 is 2.54 bits per heavy atom. The number of nitrogens with zero attached hydrogens (tertiary/aromatic N) is 2. The Kier molecular flexibility index (Phi) is 6.62. The summed E-state index contributed by atoms with van der Waals surface area (Å²) in [6.45, 7) is 0.780. The number of fused-ring (bicyclic) bond motifs is 1. The number of aromatic amines is 2. The normalized spacial score (nSPS) is 10.9. The van der Waals surface area contributed by atoms with E-state index >= 15 is 0 Å². The number of amides is 1. The number of carbonyl (C=O) groups excluding carboxylic acids is 1. The van der Waals surface area contributed by atoms with Crippen molar-refractivity contribution in [1.82, 2.24) is 24.8 Å². The van der Waals surface area contributed by atoms with Gasteiger partial charge in [0.25, 0.3) is 11.5 Å². The van der Waals surface area contributed by atoms with Crippen molar-refractivity contribution in [2.24, 2.45) is 0 Å². The second-order valence-electron chi connectivity index (χ2n) is 8.29. The molecule has 0 aliphatic rings. The van der Waals surface area contributed by atoms with Gasteiger partial charge in [0, 0.05) is 18.1 Å². The summed E-state index contributed by atoms with van der Waals surface area (Å²) in [6.07, 6.45) is 3.10. The van der Waals surface area contributed by atoms with E-state index < -0.39 is 11.2 Å². The summed E-state index contributed by atoms with van der Waals surface area (Å²) in [4.78, 5) is 46.3. The van der Waals surface area contributed by atoms with Crippen LogP contribution in [0.2, 0.25) is 0 Å². The van der Waals surface area contributed by atoms with E-state index in [9.17, 15) is 18.8 Å². The smallest absolute Gasteiger partial charge is 0.329 e. The predicted octanol–water partition coefficient (Wildman–Crippen LogP) is 3.08. The summed E-state index contributed by atoms with van der Waals surface area (Å²) < 4.78 is 20.4. The second kappa shape index (κ2) is 10.3. The molecular weight excluding hydrogens is 477 g/mol. The molecule has 9 nitrogen and oxygen atoms in total. The molecule has 3 aromatic heterocycles. The molecule has 5 aromatic rings. The molecule has 0 aliphatic carbocycles. The molecule has 0 saturated heterocycles. The van der Waals surface area contributed by atoms with Crippen molar-refractivity contribution in [3.8, 4) is 17.0 Å². The average Bonchev–Trinajstić information content (AvgIpc) is 3.37. The first-order valence-corrected chi connectivity index (χ1v) is 11.5. The fourth-order valence-corrected chi connectivity index (χ4v) is 3.91. The number of hydrogen-bond donors (Lipinski definition) is 3. The van der Waals surface area contributed by atoms with Crippen LogP contribution < -0.4 is 21.3 Å². The lowest BCUT2D eigenvalue weighted by Crippen LogP contribution is -2.30. The molecule has 37 heavy (non-hydrogen) atoms. The number of nitrogens with one attached hydrogen (secondary N) is 3. The molecule has 186 valence electrons. The van der Waals surface area contributed by atoms with Crippen LogP contribution in [0.5, 0.6) is 5.75 Å². The number of pyridine rings is 1. The number of carbonyl (C=O) groups is 1. The molecule has 0 aliphatic heterocycles. The van der Waals surface area contributed by atoms with Gasteiger partial charge in [0.15, 0.2) is 0 Å². The van der Waals surface area contributed by atoms with Crippen LogP contribution in [-0.2, 0) is 6.54 Å². The first-order chi connectivity index (χ1) is 18.0. The van der Waals surface area contributed by atoms with E-state index in [0.29, 0.717) is 29.1 Å². The zero-order valence-corrected chi connectivity index (χ0v) is 19.5. The van der Waals surface area contributed by atoms with Crippen LogP contribution in [0, 0.1) is 5.82 Å². The summed E-state index contributed by atoms with van der Waals surface area (Å²) in [5, 5.41) is 2.77. The lowest BCUT2D eigenvalue weighted by Gasteiger charge is -2.08.